The van der Waals surface area contributed by atoms with Crippen molar-refractivity contribution in [2.75, 3.05) is 26.8 Å². The van der Waals surface area contributed by atoms with Crippen LogP contribution < -0.4 is 4.74 Å². The second-order valence-corrected chi connectivity index (χ2v) is 4.68. The molecule has 0 aliphatic carbocycles. The fourth-order valence-electron chi connectivity index (χ4n) is 2.61. The Bertz CT molecular complexity index is 391. The first kappa shape index (κ1) is 13.3. The molecule has 1 aliphatic rings. The van der Waals surface area contributed by atoms with E-state index in [2.05, 4.69) is 4.90 Å². The molecule has 0 amide bonds. The van der Waals surface area contributed by atoms with Crippen LogP contribution in [0.3, 0.4) is 0 Å². The Morgan fingerprint density at radius 2 is 2.06 bits per heavy atom. The third kappa shape index (κ3) is 2.82. The van der Waals surface area contributed by atoms with Crippen LogP contribution in [0.15, 0.2) is 18.2 Å². The lowest BCUT2D eigenvalue weighted by molar-refractivity contribution is 0.102. The monoisotopic (exact) mass is 253 g/mol. The number of aliphatic hydroxyl groups excluding tert-OH is 1. The highest BCUT2D eigenvalue weighted by Gasteiger charge is 2.24. The van der Waals surface area contributed by atoms with E-state index in [-0.39, 0.29) is 18.5 Å². The highest BCUT2D eigenvalue weighted by molar-refractivity contribution is 5.36. The van der Waals surface area contributed by atoms with Gasteiger partial charge >= 0.3 is 0 Å². The molecule has 0 bridgehead atoms. The Hall–Kier alpha value is -1.13. The van der Waals surface area contributed by atoms with Crippen molar-refractivity contribution in [2.24, 2.45) is 0 Å². The van der Waals surface area contributed by atoms with Crippen molar-refractivity contribution in [1.82, 2.24) is 4.90 Å². The van der Waals surface area contributed by atoms with Crippen molar-refractivity contribution >= 4 is 0 Å². The summed E-state index contributed by atoms with van der Waals surface area (Å²) in [6.45, 7) is 1.88. The average Bonchev–Trinajstić information content (AvgIpc) is 2.41. The zero-order valence-electron chi connectivity index (χ0n) is 10.7. The summed E-state index contributed by atoms with van der Waals surface area (Å²) in [5, 5.41) is 9.62. The van der Waals surface area contributed by atoms with E-state index in [1.807, 2.05) is 0 Å². The number of methoxy groups -OCH3 is 1. The molecule has 1 atom stereocenters. The number of aliphatic hydroxyl groups is 1. The molecule has 0 radical (unpaired) electrons. The van der Waals surface area contributed by atoms with Crippen LogP contribution >= 0.6 is 0 Å². The van der Waals surface area contributed by atoms with Crippen molar-refractivity contribution in [3.05, 3.63) is 29.6 Å². The van der Waals surface area contributed by atoms with E-state index in [1.54, 1.807) is 13.2 Å². The molecule has 1 heterocycles. The van der Waals surface area contributed by atoms with Crippen LogP contribution in [0.25, 0.3) is 0 Å². The third-order valence-corrected chi connectivity index (χ3v) is 3.56. The van der Waals surface area contributed by atoms with Gasteiger partial charge in [-0.15, -0.1) is 0 Å². The molecule has 1 aliphatic heterocycles. The standard InChI is InChI=1S/C14H20FNO2/c1-18-14-6-5-11(15)9-12(14)13(10-17)16-7-3-2-4-8-16/h5-6,9,13,17H,2-4,7-8,10H2,1H3. The Labute approximate surface area is 107 Å². The number of likely N-dealkylation sites (tertiary alicyclic amines) is 1. The summed E-state index contributed by atoms with van der Waals surface area (Å²) >= 11 is 0. The molecule has 18 heavy (non-hydrogen) atoms. The first-order valence-electron chi connectivity index (χ1n) is 6.44. The molecule has 1 saturated heterocycles. The van der Waals surface area contributed by atoms with E-state index in [4.69, 9.17) is 4.74 Å². The van der Waals surface area contributed by atoms with Crippen LogP contribution in [-0.4, -0.2) is 36.8 Å². The summed E-state index contributed by atoms with van der Waals surface area (Å²) < 4.78 is 18.7. The lowest BCUT2D eigenvalue weighted by Gasteiger charge is -2.34. The third-order valence-electron chi connectivity index (χ3n) is 3.56. The van der Waals surface area contributed by atoms with Gasteiger partial charge < -0.3 is 9.84 Å². The van der Waals surface area contributed by atoms with Gasteiger partial charge in [0, 0.05) is 5.56 Å². The van der Waals surface area contributed by atoms with Crippen LogP contribution in [0.1, 0.15) is 30.9 Å². The van der Waals surface area contributed by atoms with Crippen LogP contribution in [-0.2, 0) is 0 Å². The summed E-state index contributed by atoms with van der Waals surface area (Å²) in [7, 11) is 1.57. The normalized spacial score (nSPS) is 18.6. The van der Waals surface area contributed by atoms with Gasteiger partial charge in [0.05, 0.1) is 19.8 Å². The number of piperidine rings is 1. The number of hydrogen-bond donors (Lipinski definition) is 1. The van der Waals surface area contributed by atoms with Gasteiger partial charge in [-0.3, -0.25) is 4.90 Å². The summed E-state index contributed by atoms with van der Waals surface area (Å²) in [5.41, 5.74) is 0.738. The Kier molecular flexibility index (Phi) is 4.55. The molecular formula is C14H20FNO2. The molecule has 0 spiro atoms. The summed E-state index contributed by atoms with van der Waals surface area (Å²) in [6, 6.07) is 4.30. The van der Waals surface area contributed by atoms with Gasteiger partial charge in [-0.05, 0) is 44.1 Å². The molecule has 0 saturated carbocycles. The minimum atomic E-state index is -0.291. The lowest BCUT2D eigenvalue weighted by atomic mass is 10.0. The highest BCUT2D eigenvalue weighted by Crippen LogP contribution is 2.31. The molecular weight excluding hydrogens is 233 g/mol. The van der Waals surface area contributed by atoms with Crippen molar-refractivity contribution < 1.29 is 14.2 Å². The van der Waals surface area contributed by atoms with Crippen molar-refractivity contribution in [3.8, 4) is 5.75 Å². The summed E-state index contributed by atoms with van der Waals surface area (Å²) in [5.74, 6) is 0.349. The number of halogens is 1. The SMILES string of the molecule is COc1ccc(F)cc1C(CO)N1CCCCC1. The van der Waals surface area contributed by atoms with Gasteiger partial charge in [-0.2, -0.15) is 0 Å². The van der Waals surface area contributed by atoms with Crippen LogP contribution in [0, 0.1) is 5.82 Å². The van der Waals surface area contributed by atoms with E-state index < -0.39 is 0 Å². The van der Waals surface area contributed by atoms with E-state index in [9.17, 15) is 9.50 Å². The van der Waals surface area contributed by atoms with Gasteiger partial charge in [-0.1, -0.05) is 6.42 Å². The summed E-state index contributed by atoms with van der Waals surface area (Å²) in [4.78, 5) is 2.21. The van der Waals surface area contributed by atoms with Gasteiger partial charge in [-0.25, -0.2) is 4.39 Å². The van der Waals surface area contributed by atoms with Crippen molar-refractivity contribution in [2.45, 2.75) is 25.3 Å². The molecule has 1 fully saturated rings. The number of benzene rings is 1. The molecule has 3 nitrogen and oxygen atoms in total. The first-order chi connectivity index (χ1) is 8.76. The minimum Gasteiger partial charge on any atom is -0.496 e. The van der Waals surface area contributed by atoms with E-state index in [0.717, 1.165) is 31.5 Å². The van der Waals surface area contributed by atoms with Gasteiger partial charge in [0.15, 0.2) is 0 Å². The molecule has 1 N–H and O–H groups in total. The maximum atomic E-state index is 13.4. The smallest absolute Gasteiger partial charge is 0.123 e. The molecule has 0 aromatic heterocycles. The highest BCUT2D eigenvalue weighted by atomic mass is 19.1. The van der Waals surface area contributed by atoms with E-state index in [0.29, 0.717) is 5.75 Å². The molecule has 1 aromatic carbocycles. The van der Waals surface area contributed by atoms with E-state index >= 15 is 0 Å². The van der Waals surface area contributed by atoms with E-state index in [1.165, 1.54) is 18.6 Å². The van der Waals surface area contributed by atoms with Crippen LogP contribution in [0.4, 0.5) is 4.39 Å². The topological polar surface area (TPSA) is 32.7 Å². The lowest BCUT2D eigenvalue weighted by Crippen LogP contribution is -2.35. The molecule has 100 valence electrons. The fraction of sp³-hybridized carbons (Fsp3) is 0.571. The number of ether oxygens (including phenoxy) is 1. The fourth-order valence-corrected chi connectivity index (χ4v) is 2.61. The quantitative estimate of drug-likeness (QED) is 0.894. The van der Waals surface area contributed by atoms with Gasteiger partial charge in [0.2, 0.25) is 0 Å². The second-order valence-electron chi connectivity index (χ2n) is 4.68. The molecule has 4 heteroatoms. The largest absolute Gasteiger partial charge is 0.496 e. The Morgan fingerprint density at radius 3 is 2.67 bits per heavy atom. The maximum absolute atomic E-state index is 13.4. The predicted octanol–water partition coefficient (Wildman–Crippen LogP) is 2.35. The van der Waals surface area contributed by atoms with Crippen molar-refractivity contribution in [3.63, 3.8) is 0 Å². The Balaban J connectivity index is 2.27. The Morgan fingerprint density at radius 1 is 1.33 bits per heavy atom. The van der Waals surface area contributed by atoms with Crippen LogP contribution in [0.5, 0.6) is 5.75 Å². The number of hydrogen-bond acceptors (Lipinski definition) is 3. The zero-order valence-corrected chi connectivity index (χ0v) is 10.7. The van der Waals surface area contributed by atoms with Gasteiger partial charge in [0.25, 0.3) is 0 Å². The van der Waals surface area contributed by atoms with Crippen molar-refractivity contribution in [1.29, 1.82) is 0 Å². The molecule has 1 unspecified atom stereocenters. The average molecular weight is 253 g/mol. The van der Waals surface area contributed by atoms with Crippen LogP contribution in [0.2, 0.25) is 0 Å². The number of nitrogens with zero attached hydrogens (tertiary/aromatic N) is 1. The first-order valence-corrected chi connectivity index (χ1v) is 6.44. The minimum absolute atomic E-state index is 0.0141. The molecule has 1 aromatic rings. The number of rotatable bonds is 4. The molecule has 2 rings (SSSR count). The zero-order chi connectivity index (χ0) is 13.0. The predicted molar refractivity (Wildman–Crippen MR) is 68.2 cm³/mol. The summed E-state index contributed by atoms with van der Waals surface area (Å²) in [6.07, 6.45) is 3.50. The second kappa shape index (κ2) is 6.16. The van der Waals surface area contributed by atoms with Gasteiger partial charge in [0.1, 0.15) is 11.6 Å². The maximum Gasteiger partial charge on any atom is 0.123 e.